The van der Waals surface area contributed by atoms with Crippen molar-refractivity contribution in [2.45, 2.75) is 19.8 Å². The molecule has 1 amide bonds. The summed E-state index contributed by atoms with van der Waals surface area (Å²) in [6.07, 6.45) is -0.442. The third kappa shape index (κ3) is 5.67. The molecule has 0 aliphatic heterocycles. The van der Waals surface area contributed by atoms with Gasteiger partial charge in [-0.25, -0.2) is 4.79 Å². The molecule has 1 aromatic carbocycles. The van der Waals surface area contributed by atoms with Gasteiger partial charge in [0.2, 0.25) is 0 Å². The highest BCUT2D eigenvalue weighted by atomic mass is 127. The molecule has 0 fully saturated rings. The number of nitrogens with zero attached hydrogens (tertiary/aromatic N) is 1. The third-order valence-corrected chi connectivity index (χ3v) is 2.54. The standard InChI is InChI=1S/C13H20N2O2.CH3I/c1-9(2)11-7-6-10(15(4)5)8-12(11)17-13(16)14-3;1-2/h6-9H,1-5H3,(H,14,16);1H3. The van der Waals surface area contributed by atoms with E-state index in [-0.39, 0.29) is 0 Å². The predicted octanol–water partition coefficient (Wildman–Crippen LogP) is 3.65. The summed E-state index contributed by atoms with van der Waals surface area (Å²) in [5.74, 6) is 0.927. The molecule has 108 valence electrons. The maximum Gasteiger partial charge on any atom is 0.412 e. The van der Waals surface area contributed by atoms with Crippen molar-refractivity contribution in [1.82, 2.24) is 5.32 Å². The number of halogens is 1. The molecule has 0 unspecified atom stereocenters. The summed E-state index contributed by atoms with van der Waals surface area (Å²) in [6, 6.07) is 5.90. The van der Waals surface area contributed by atoms with Crippen molar-refractivity contribution >= 4 is 34.4 Å². The molecule has 0 aliphatic carbocycles. The van der Waals surface area contributed by atoms with Gasteiger partial charge in [-0.2, -0.15) is 0 Å². The molecule has 0 heterocycles. The van der Waals surface area contributed by atoms with Gasteiger partial charge in [0.1, 0.15) is 5.75 Å². The zero-order valence-electron chi connectivity index (χ0n) is 12.5. The minimum atomic E-state index is -0.442. The number of carbonyl (C=O) groups excluding carboxylic acids is 1. The van der Waals surface area contributed by atoms with Crippen LogP contribution < -0.4 is 15.0 Å². The number of hydrogen-bond donors (Lipinski definition) is 1. The summed E-state index contributed by atoms with van der Waals surface area (Å²) in [5.41, 5.74) is 2.03. The van der Waals surface area contributed by atoms with Gasteiger partial charge >= 0.3 is 6.09 Å². The molecular weight excluding hydrogens is 355 g/mol. The van der Waals surface area contributed by atoms with Crippen LogP contribution in [0.4, 0.5) is 10.5 Å². The van der Waals surface area contributed by atoms with Gasteiger partial charge in [0.15, 0.2) is 0 Å². The molecular formula is C14H23IN2O2. The lowest BCUT2D eigenvalue weighted by molar-refractivity contribution is 0.202. The lowest BCUT2D eigenvalue weighted by Gasteiger charge is -2.17. The van der Waals surface area contributed by atoms with Crippen molar-refractivity contribution in [3.05, 3.63) is 23.8 Å². The fraction of sp³-hybridized carbons (Fsp3) is 0.500. The molecule has 1 N–H and O–H groups in total. The van der Waals surface area contributed by atoms with Gasteiger partial charge in [-0.05, 0) is 22.5 Å². The normalized spacial score (nSPS) is 9.47. The van der Waals surface area contributed by atoms with Crippen molar-refractivity contribution in [3.8, 4) is 5.75 Å². The Kier molecular flexibility index (Phi) is 8.54. The van der Waals surface area contributed by atoms with Crippen molar-refractivity contribution in [1.29, 1.82) is 0 Å². The number of anilines is 1. The minimum absolute atomic E-state index is 0.311. The highest BCUT2D eigenvalue weighted by Gasteiger charge is 2.12. The Balaban J connectivity index is 0.00000154. The SMILES string of the molecule is CI.CNC(=O)Oc1cc(N(C)C)ccc1C(C)C. The smallest absolute Gasteiger partial charge is 0.410 e. The average Bonchev–Trinajstić information content (AvgIpc) is 2.40. The highest BCUT2D eigenvalue weighted by molar-refractivity contribution is 14.1. The van der Waals surface area contributed by atoms with E-state index in [1.807, 2.05) is 42.1 Å². The monoisotopic (exact) mass is 378 g/mol. The van der Waals surface area contributed by atoms with Gasteiger partial charge in [0.05, 0.1) is 0 Å². The molecule has 1 rings (SSSR count). The van der Waals surface area contributed by atoms with Crippen LogP contribution in [0.2, 0.25) is 0 Å². The van der Waals surface area contributed by atoms with Crippen LogP contribution in [0.1, 0.15) is 25.3 Å². The Morgan fingerprint density at radius 1 is 1.32 bits per heavy atom. The maximum absolute atomic E-state index is 11.3. The lowest BCUT2D eigenvalue weighted by Crippen LogP contribution is -2.23. The van der Waals surface area contributed by atoms with Crippen LogP contribution in [0.25, 0.3) is 0 Å². The van der Waals surface area contributed by atoms with Crippen LogP contribution in [0.5, 0.6) is 5.75 Å². The first-order chi connectivity index (χ1) is 8.95. The number of hydrogen-bond acceptors (Lipinski definition) is 3. The van der Waals surface area contributed by atoms with Gasteiger partial charge in [-0.15, -0.1) is 0 Å². The fourth-order valence-corrected chi connectivity index (χ4v) is 1.52. The molecule has 0 aliphatic rings. The van der Waals surface area contributed by atoms with Gasteiger partial charge in [0.25, 0.3) is 0 Å². The molecule has 0 atom stereocenters. The number of ether oxygens (including phenoxy) is 1. The Morgan fingerprint density at radius 3 is 2.32 bits per heavy atom. The quantitative estimate of drug-likeness (QED) is 0.645. The number of rotatable bonds is 3. The summed E-state index contributed by atoms with van der Waals surface area (Å²) in [5, 5.41) is 2.45. The Morgan fingerprint density at radius 2 is 1.89 bits per heavy atom. The van der Waals surface area contributed by atoms with E-state index in [0.29, 0.717) is 11.7 Å². The van der Waals surface area contributed by atoms with E-state index in [1.165, 1.54) is 0 Å². The van der Waals surface area contributed by atoms with E-state index >= 15 is 0 Å². The van der Waals surface area contributed by atoms with E-state index in [1.54, 1.807) is 7.05 Å². The molecule has 0 spiro atoms. The van der Waals surface area contributed by atoms with Crippen molar-refractivity contribution in [2.24, 2.45) is 0 Å². The number of amides is 1. The number of carbonyl (C=O) groups is 1. The van der Waals surface area contributed by atoms with E-state index in [4.69, 9.17) is 4.74 Å². The van der Waals surface area contributed by atoms with E-state index in [0.717, 1.165) is 11.3 Å². The maximum atomic E-state index is 11.3. The van der Waals surface area contributed by atoms with E-state index in [2.05, 4.69) is 41.8 Å². The zero-order chi connectivity index (χ0) is 15.0. The molecule has 0 bridgehead atoms. The van der Waals surface area contributed by atoms with Crippen LogP contribution in [0, 0.1) is 0 Å². The van der Waals surface area contributed by atoms with Crippen LogP contribution in [0.15, 0.2) is 18.2 Å². The predicted molar refractivity (Wildman–Crippen MR) is 89.9 cm³/mol. The van der Waals surface area contributed by atoms with Gasteiger partial charge in [-0.3, -0.25) is 0 Å². The largest absolute Gasteiger partial charge is 0.412 e. The first kappa shape index (κ1) is 18.0. The summed E-state index contributed by atoms with van der Waals surface area (Å²) < 4.78 is 5.27. The number of nitrogens with one attached hydrogen (secondary N) is 1. The van der Waals surface area contributed by atoms with Crippen LogP contribution >= 0.6 is 22.6 Å². The second kappa shape index (κ2) is 9.01. The zero-order valence-corrected chi connectivity index (χ0v) is 14.6. The first-order valence-corrected chi connectivity index (χ1v) is 8.20. The summed E-state index contributed by atoms with van der Waals surface area (Å²) in [4.78, 5) is 15.2. The third-order valence-electron chi connectivity index (χ3n) is 2.54. The molecule has 19 heavy (non-hydrogen) atoms. The minimum Gasteiger partial charge on any atom is -0.410 e. The number of alkyl halides is 1. The molecule has 0 saturated carbocycles. The summed E-state index contributed by atoms with van der Waals surface area (Å²) in [6.45, 7) is 4.14. The number of benzene rings is 1. The van der Waals surface area contributed by atoms with Crippen LogP contribution in [0.3, 0.4) is 0 Å². The Labute approximate surface area is 129 Å². The summed E-state index contributed by atoms with van der Waals surface area (Å²) in [7, 11) is 5.45. The molecule has 0 aromatic heterocycles. The second-order valence-electron chi connectivity index (χ2n) is 4.41. The molecule has 1 aromatic rings. The first-order valence-electron chi connectivity index (χ1n) is 6.04. The molecule has 4 nitrogen and oxygen atoms in total. The van der Waals surface area contributed by atoms with Crippen molar-refractivity contribution < 1.29 is 9.53 Å². The molecule has 0 radical (unpaired) electrons. The molecule has 0 saturated heterocycles. The van der Waals surface area contributed by atoms with Gasteiger partial charge in [-0.1, -0.05) is 42.5 Å². The Bertz CT molecular complexity index is 406. The Hall–Kier alpha value is -0.980. The molecule has 5 heteroatoms. The lowest BCUT2D eigenvalue weighted by atomic mass is 10.0. The van der Waals surface area contributed by atoms with Gasteiger partial charge in [0, 0.05) is 32.9 Å². The summed E-state index contributed by atoms with van der Waals surface area (Å²) >= 11 is 2.15. The highest BCUT2D eigenvalue weighted by Crippen LogP contribution is 2.30. The second-order valence-corrected chi connectivity index (χ2v) is 4.41. The van der Waals surface area contributed by atoms with Crippen molar-refractivity contribution in [3.63, 3.8) is 0 Å². The average molecular weight is 378 g/mol. The fourth-order valence-electron chi connectivity index (χ4n) is 1.52. The van der Waals surface area contributed by atoms with E-state index < -0.39 is 6.09 Å². The van der Waals surface area contributed by atoms with E-state index in [9.17, 15) is 4.79 Å². The van der Waals surface area contributed by atoms with Gasteiger partial charge < -0.3 is 15.0 Å². The van der Waals surface area contributed by atoms with Crippen molar-refractivity contribution in [2.75, 3.05) is 31.0 Å². The van der Waals surface area contributed by atoms with Crippen LogP contribution in [-0.4, -0.2) is 32.2 Å². The topological polar surface area (TPSA) is 41.6 Å². The van der Waals surface area contributed by atoms with Crippen LogP contribution in [-0.2, 0) is 0 Å².